The lowest BCUT2D eigenvalue weighted by Crippen LogP contribution is -2.55. The molecule has 0 aliphatic carbocycles. The maximum atomic E-state index is 12.1. The number of piperazine rings is 1. The van der Waals surface area contributed by atoms with Crippen LogP contribution in [0.25, 0.3) is 0 Å². The third kappa shape index (κ3) is 6.56. The zero-order chi connectivity index (χ0) is 15.8. The molecular weight excluding hydrogens is 290 g/mol. The summed E-state index contributed by atoms with van der Waals surface area (Å²) >= 11 is 1.58. The SMILES string of the molecule is CSCCC(NC(=O)N1CCN(CC(C)C)CC1)C(=O)O. The Balaban J connectivity index is 2.40. The van der Waals surface area contributed by atoms with Crippen molar-refractivity contribution in [1.29, 1.82) is 0 Å². The third-order valence-electron chi connectivity index (χ3n) is 3.49. The van der Waals surface area contributed by atoms with E-state index in [0.29, 0.717) is 25.4 Å². The highest BCUT2D eigenvalue weighted by molar-refractivity contribution is 7.98. The van der Waals surface area contributed by atoms with Crippen molar-refractivity contribution < 1.29 is 14.7 Å². The number of carboxylic acids is 1. The fourth-order valence-electron chi connectivity index (χ4n) is 2.38. The van der Waals surface area contributed by atoms with Crippen molar-refractivity contribution in [2.45, 2.75) is 26.3 Å². The van der Waals surface area contributed by atoms with Gasteiger partial charge in [-0.05, 0) is 24.3 Å². The van der Waals surface area contributed by atoms with E-state index in [1.165, 1.54) is 0 Å². The highest BCUT2D eigenvalue weighted by Gasteiger charge is 2.25. The Bertz CT molecular complexity index is 344. The summed E-state index contributed by atoms with van der Waals surface area (Å²) in [5.74, 6) is 0.378. The van der Waals surface area contributed by atoms with Crippen LogP contribution in [-0.2, 0) is 4.79 Å². The Morgan fingerprint density at radius 2 is 1.86 bits per heavy atom. The second kappa shape index (κ2) is 9.15. The zero-order valence-electron chi connectivity index (χ0n) is 13.2. The maximum Gasteiger partial charge on any atom is 0.326 e. The normalized spacial score (nSPS) is 17.8. The minimum atomic E-state index is -0.962. The lowest BCUT2D eigenvalue weighted by molar-refractivity contribution is -0.139. The third-order valence-corrected chi connectivity index (χ3v) is 4.13. The van der Waals surface area contributed by atoms with Gasteiger partial charge >= 0.3 is 12.0 Å². The highest BCUT2D eigenvalue weighted by atomic mass is 32.2. The van der Waals surface area contributed by atoms with Gasteiger partial charge in [-0.3, -0.25) is 4.90 Å². The second-order valence-corrected chi connectivity index (χ2v) is 6.79. The topological polar surface area (TPSA) is 72.9 Å². The highest BCUT2D eigenvalue weighted by Crippen LogP contribution is 2.07. The first-order chi connectivity index (χ1) is 9.93. The van der Waals surface area contributed by atoms with Crippen molar-refractivity contribution >= 4 is 23.8 Å². The Hall–Kier alpha value is -0.950. The van der Waals surface area contributed by atoms with E-state index in [0.717, 1.165) is 25.4 Å². The molecule has 0 bridgehead atoms. The number of hydrogen-bond acceptors (Lipinski definition) is 4. The predicted molar refractivity (Wildman–Crippen MR) is 85.8 cm³/mol. The van der Waals surface area contributed by atoms with Crippen LogP contribution in [0.2, 0.25) is 0 Å². The van der Waals surface area contributed by atoms with Gasteiger partial charge in [-0.1, -0.05) is 13.8 Å². The number of carboxylic acid groups (broad SMARTS) is 1. The van der Waals surface area contributed by atoms with Crippen LogP contribution >= 0.6 is 11.8 Å². The van der Waals surface area contributed by atoms with E-state index < -0.39 is 12.0 Å². The van der Waals surface area contributed by atoms with Crippen LogP contribution < -0.4 is 5.32 Å². The number of urea groups is 1. The number of thioether (sulfide) groups is 1. The smallest absolute Gasteiger partial charge is 0.326 e. The molecule has 1 saturated heterocycles. The van der Waals surface area contributed by atoms with Gasteiger partial charge in [-0.25, -0.2) is 9.59 Å². The Kier molecular flexibility index (Phi) is 7.88. The summed E-state index contributed by atoms with van der Waals surface area (Å²) in [7, 11) is 0. The fraction of sp³-hybridized carbons (Fsp3) is 0.857. The van der Waals surface area contributed by atoms with Crippen LogP contribution in [0.1, 0.15) is 20.3 Å². The average molecular weight is 317 g/mol. The lowest BCUT2D eigenvalue weighted by Gasteiger charge is -2.35. The predicted octanol–water partition coefficient (Wildman–Crippen LogP) is 1.18. The van der Waals surface area contributed by atoms with E-state index in [1.807, 2.05) is 6.26 Å². The monoisotopic (exact) mass is 317 g/mol. The largest absolute Gasteiger partial charge is 0.480 e. The molecule has 2 N–H and O–H groups in total. The van der Waals surface area contributed by atoms with Crippen LogP contribution in [0, 0.1) is 5.92 Å². The van der Waals surface area contributed by atoms with Crippen LogP contribution in [0.4, 0.5) is 4.79 Å². The number of carbonyl (C=O) groups excluding carboxylic acids is 1. The maximum absolute atomic E-state index is 12.1. The van der Waals surface area contributed by atoms with E-state index in [-0.39, 0.29) is 6.03 Å². The summed E-state index contributed by atoms with van der Waals surface area (Å²) in [6, 6.07) is -1.05. The minimum Gasteiger partial charge on any atom is -0.480 e. The van der Waals surface area contributed by atoms with Gasteiger partial charge in [-0.2, -0.15) is 11.8 Å². The summed E-state index contributed by atoms with van der Waals surface area (Å²) in [6.07, 6.45) is 2.38. The summed E-state index contributed by atoms with van der Waals surface area (Å²) in [4.78, 5) is 27.3. The molecule has 0 aromatic carbocycles. The van der Waals surface area contributed by atoms with Crippen LogP contribution in [-0.4, -0.2) is 77.7 Å². The molecular formula is C14H27N3O3S. The van der Waals surface area contributed by atoms with Gasteiger partial charge in [-0.15, -0.1) is 0 Å². The molecule has 1 heterocycles. The quantitative estimate of drug-likeness (QED) is 0.737. The van der Waals surface area contributed by atoms with Gasteiger partial charge in [0.15, 0.2) is 0 Å². The number of nitrogens with zero attached hydrogens (tertiary/aromatic N) is 2. The van der Waals surface area contributed by atoms with E-state index >= 15 is 0 Å². The number of nitrogens with one attached hydrogen (secondary N) is 1. The molecule has 1 atom stereocenters. The lowest BCUT2D eigenvalue weighted by atomic mass is 10.2. The van der Waals surface area contributed by atoms with E-state index in [4.69, 9.17) is 5.11 Å². The average Bonchev–Trinajstić information content (AvgIpc) is 2.43. The number of hydrogen-bond donors (Lipinski definition) is 2. The Labute approximate surface area is 131 Å². The van der Waals surface area contributed by atoms with Crippen LogP contribution in [0.5, 0.6) is 0 Å². The first kappa shape index (κ1) is 18.1. The molecule has 1 rings (SSSR count). The molecule has 1 unspecified atom stereocenters. The molecule has 0 radical (unpaired) electrons. The molecule has 0 aromatic heterocycles. The molecule has 2 amide bonds. The van der Waals surface area contributed by atoms with Crippen LogP contribution in [0.15, 0.2) is 0 Å². The van der Waals surface area contributed by atoms with Gasteiger partial charge in [0.25, 0.3) is 0 Å². The van der Waals surface area contributed by atoms with Gasteiger partial charge < -0.3 is 15.3 Å². The van der Waals surface area contributed by atoms with Gasteiger partial charge in [0.1, 0.15) is 6.04 Å². The van der Waals surface area contributed by atoms with E-state index in [1.54, 1.807) is 16.7 Å². The standard InChI is InChI=1S/C14H27N3O3S/c1-11(2)10-16-5-7-17(8-6-16)14(20)15-12(13(18)19)4-9-21-3/h11-12H,4-10H2,1-3H3,(H,15,20)(H,18,19). The van der Waals surface area contributed by atoms with Gasteiger partial charge in [0.2, 0.25) is 0 Å². The molecule has 0 spiro atoms. The molecule has 0 aromatic rings. The second-order valence-electron chi connectivity index (χ2n) is 5.80. The number of aliphatic carboxylic acids is 1. The number of carbonyl (C=O) groups is 2. The Morgan fingerprint density at radius 3 is 2.33 bits per heavy atom. The minimum absolute atomic E-state index is 0.257. The zero-order valence-corrected chi connectivity index (χ0v) is 14.0. The first-order valence-corrected chi connectivity index (χ1v) is 8.83. The Morgan fingerprint density at radius 1 is 1.24 bits per heavy atom. The molecule has 0 saturated carbocycles. The van der Waals surface area contributed by atoms with E-state index in [9.17, 15) is 9.59 Å². The molecule has 1 fully saturated rings. The number of rotatable bonds is 7. The summed E-state index contributed by atoms with van der Waals surface area (Å²) in [5.41, 5.74) is 0. The van der Waals surface area contributed by atoms with Crippen molar-refractivity contribution in [3.8, 4) is 0 Å². The molecule has 1 aliphatic rings. The first-order valence-electron chi connectivity index (χ1n) is 7.43. The molecule has 1 aliphatic heterocycles. The fourth-order valence-corrected chi connectivity index (χ4v) is 2.85. The molecule has 6 nitrogen and oxygen atoms in total. The van der Waals surface area contributed by atoms with Crippen molar-refractivity contribution in [2.24, 2.45) is 5.92 Å². The molecule has 7 heteroatoms. The van der Waals surface area contributed by atoms with Crippen LogP contribution in [0.3, 0.4) is 0 Å². The van der Waals surface area contributed by atoms with Crippen molar-refractivity contribution in [1.82, 2.24) is 15.1 Å². The van der Waals surface area contributed by atoms with Gasteiger partial charge in [0, 0.05) is 32.7 Å². The van der Waals surface area contributed by atoms with Crippen molar-refractivity contribution in [3.05, 3.63) is 0 Å². The summed E-state index contributed by atoms with van der Waals surface area (Å²) in [6.45, 7) is 8.44. The van der Waals surface area contributed by atoms with Crippen molar-refractivity contribution in [3.63, 3.8) is 0 Å². The van der Waals surface area contributed by atoms with Crippen molar-refractivity contribution in [2.75, 3.05) is 44.7 Å². The van der Waals surface area contributed by atoms with E-state index in [2.05, 4.69) is 24.1 Å². The molecule has 21 heavy (non-hydrogen) atoms. The van der Waals surface area contributed by atoms with Gasteiger partial charge in [0.05, 0.1) is 0 Å². The number of amides is 2. The summed E-state index contributed by atoms with van der Waals surface area (Å²) < 4.78 is 0. The molecule has 122 valence electrons. The summed E-state index contributed by atoms with van der Waals surface area (Å²) in [5, 5.41) is 11.8.